The van der Waals surface area contributed by atoms with Gasteiger partial charge in [-0.25, -0.2) is 4.98 Å². The highest BCUT2D eigenvalue weighted by Gasteiger charge is 2.29. The van der Waals surface area contributed by atoms with Gasteiger partial charge < -0.3 is 14.8 Å². The number of halogens is 4. The maximum absolute atomic E-state index is 12.1. The first kappa shape index (κ1) is 19.8. The second-order valence-corrected chi connectivity index (χ2v) is 5.69. The largest absolute Gasteiger partial charge is 0.491 e. The lowest BCUT2D eigenvalue weighted by Crippen LogP contribution is -2.28. The van der Waals surface area contributed by atoms with E-state index >= 15 is 0 Å². The number of alkyl halides is 3. The fraction of sp³-hybridized carbons (Fsp3) is 0.294. The molecule has 26 heavy (non-hydrogen) atoms. The summed E-state index contributed by atoms with van der Waals surface area (Å²) in [5.74, 6) is -0.142. The number of nitrogens with one attached hydrogen (secondary N) is 1. The molecule has 9 heteroatoms. The quantitative estimate of drug-likeness (QED) is 0.733. The molecule has 0 aliphatic carbocycles. The summed E-state index contributed by atoms with van der Waals surface area (Å²) in [6.07, 6.45) is -3.41. The van der Waals surface area contributed by atoms with Crippen LogP contribution in [0.5, 0.6) is 11.6 Å². The number of aryl methyl sites for hydroxylation is 1. The number of nitrogens with zero attached hydrogens (tertiary/aromatic N) is 1. The van der Waals surface area contributed by atoms with Gasteiger partial charge in [-0.2, -0.15) is 13.2 Å². The van der Waals surface area contributed by atoms with Gasteiger partial charge in [0.05, 0.1) is 12.1 Å². The van der Waals surface area contributed by atoms with Crippen LogP contribution in [-0.2, 0) is 0 Å². The van der Waals surface area contributed by atoms with Crippen LogP contribution in [0.25, 0.3) is 0 Å². The third kappa shape index (κ3) is 6.11. The average Bonchev–Trinajstić information content (AvgIpc) is 2.58. The van der Waals surface area contributed by atoms with Gasteiger partial charge in [-0.05, 0) is 24.6 Å². The minimum Gasteiger partial charge on any atom is -0.491 e. The number of pyridine rings is 1. The van der Waals surface area contributed by atoms with Crippen LogP contribution in [0.15, 0.2) is 36.5 Å². The van der Waals surface area contributed by atoms with Crippen molar-refractivity contribution >= 4 is 17.5 Å². The van der Waals surface area contributed by atoms with E-state index in [4.69, 9.17) is 16.3 Å². The van der Waals surface area contributed by atoms with Gasteiger partial charge >= 0.3 is 6.18 Å². The SMILES string of the molecule is Cc1ccccc1OCCNC(=O)c1cnc(OCC(F)(F)F)c(Cl)c1. The van der Waals surface area contributed by atoms with Crippen LogP contribution in [0.1, 0.15) is 15.9 Å². The molecule has 0 atom stereocenters. The highest BCUT2D eigenvalue weighted by atomic mass is 35.5. The first-order valence-electron chi connectivity index (χ1n) is 7.58. The predicted octanol–water partition coefficient (Wildman–Crippen LogP) is 3.79. The number of hydrogen-bond donors (Lipinski definition) is 1. The Kier molecular flexibility index (Phi) is 6.68. The predicted molar refractivity (Wildman–Crippen MR) is 89.8 cm³/mol. The van der Waals surface area contributed by atoms with Crippen molar-refractivity contribution in [3.63, 3.8) is 0 Å². The Labute approximate surface area is 153 Å². The van der Waals surface area contributed by atoms with Gasteiger partial charge in [-0.3, -0.25) is 4.79 Å². The maximum atomic E-state index is 12.1. The van der Waals surface area contributed by atoms with Gasteiger partial charge in [-0.1, -0.05) is 29.8 Å². The third-order valence-corrected chi connectivity index (χ3v) is 3.45. The van der Waals surface area contributed by atoms with Crippen LogP contribution in [0.3, 0.4) is 0 Å². The zero-order valence-electron chi connectivity index (χ0n) is 13.8. The second kappa shape index (κ2) is 8.75. The van der Waals surface area contributed by atoms with E-state index in [2.05, 4.69) is 15.0 Å². The molecular formula is C17H16ClF3N2O3. The van der Waals surface area contributed by atoms with E-state index in [1.54, 1.807) is 0 Å². The van der Waals surface area contributed by atoms with Crippen molar-refractivity contribution in [1.82, 2.24) is 10.3 Å². The van der Waals surface area contributed by atoms with Gasteiger partial charge in [0, 0.05) is 6.20 Å². The van der Waals surface area contributed by atoms with E-state index < -0.39 is 18.7 Å². The monoisotopic (exact) mass is 388 g/mol. The van der Waals surface area contributed by atoms with Crippen LogP contribution in [-0.4, -0.2) is 36.8 Å². The van der Waals surface area contributed by atoms with Gasteiger partial charge in [0.15, 0.2) is 6.61 Å². The number of benzene rings is 1. The molecule has 1 heterocycles. The molecule has 1 N–H and O–H groups in total. The Balaban J connectivity index is 1.83. The minimum absolute atomic E-state index is 0.102. The van der Waals surface area contributed by atoms with Gasteiger partial charge in [0.2, 0.25) is 5.88 Å². The summed E-state index contributed by atoms with van der Waals surface area (Å²) in [7, 11) is 0. The van der Waals surface area contributed by atoms with Crippen molar-refractivity contribution in [3.8, 4) is 11.6 Å². The number of carbonyl (C=O) groups is 1. The van der Waals surface area contributed by atoms with E-state index in [-0.39, 0.29) is 29.6 Å². The first-order valence-corrected chi connectivity index (χ1v) is 7.96. The summed E-state index contributed by atoms with van der Waals surface area (Å²) in [6, 6.07) is 8.65. The summed E-state index contributed by atoms with van der Waals surface area (Å²) in [5, 5.41) is 2.43. The molecule has 1 aromatic carbocycles. The molecule has 5 nitrogen and oxygen atoms in total. The molecule has 0 aliphatic rings. The van der Waals surface area contributed by atoms with Crippen molar-refractivity contribution in [2.75, 3.05) is 19.8 Å². The van der Waals surface area contributed by atoms with E-state index in [1.807, 2.05) is 31.2 Å². The van der Waals surface area contributed by atoms with Crippen molar-refractivity contribution < 1.29 is 27.4 Å². The normalized spacial score (nSPS) is 11.1. The van der Waals surface area contributed by atoms with Crippen molar-refractivity contribution in [1.29, 1.82) is 0 Å². The molecule has 0 bridgehead atoms. The van der Waals surface area contributed by atoms with E-state index in [0.717, 1.165) is 17.5 Å². The topological polar surface area (TPSA) is 60.5 Å². The summed E-state index contributed by atoms with van der Waals surface area (Å²) >= 11 is 5.80. The molecule has 0 aliphatic heterocycles. The molecule has 2 aromatic rings. The number of rotatable bonds is 7. The van der Waals surface area contributed by atoms with Crippen molar-refractivity contribution in [2.45, 2.75) is 13.1 Å². The van der Waals surface area contributed by atoms with E-state index in [1.165, 1.54) is 6.07 Å². The Morgan fingerprint density at radius 3 is 2.65 bits per heavy atom. The number of carbonyl (C=O) groups excluding carboxylic acids is 1. The smallest absolute Gasteiger partial charge is 0.422 e. The van der Waals surface area contributed by atoms with Gasteiger partial charge in [-0.15, -0.1) is 0 Å². The van der Waals surface area contributed by atoms with E-state index in [9.17, 15) is 18.0 Å². The fourth-order valence-corrected chi connectivity index (χ4v) is 2.17. The Morgan fingerprint density at radius 1 is 1.27 bits per heavy atom. The van der Waals surface area contributed by atoms with Crippen molar-refractivity contribution in [3.05, 3.63) is 52.7 Å². The Bertz CT molecular complexity index is 769. The molecular weight excluding hydrogens is 373 g/mol. The number of amides is 1. The lowest BCUT2D eigenvalue weighted by atomic mass is 10.2. The minimum atomic E-state index is -4.50. The number of para-hydroxylation sites is 1. The molecule has 0 radical (unpaired) electrons. The zero-order chi connectivity index (χ0) is 19.2. The van der Waals surface area contributed by atoms with E-state index in [0.29, 0.717) is 0 Å². The first-order chi connectivity index (χ1) is 12.3. The molecule has 1 amide bonds. The number of aromatic nitrogens is 1. The molecule has 0 spiro atoms. The maximum Gasteiger partial charge on any atom is 0.422 e. The molecule has 0 fully saturated rings. The highest BCUT2D eigenvalue weighted by Crippen LogP contribution is 2.25. The Morgan fingerprint density at radius 2 is 2.00 bits per heavy atom. The second-order valence-electron chi connectivity index (χ2n) is 5.28. The van der Waals surface area contributed by atoms with Gasteiger partial charge in [0.1, 0.15) is 17.4 Å². The van der Waals surface area contributed by atoms with Crippen LogP contribution in [0.4, 0.5) is 13.2 Å². The third-order valence-electron chi connectivity index (χ3n) is 3.18. The zero-order valence-corrected chi connectivity index (χ0v) is 14.5. The van der Waals surface area contributed by atoms with Crippen LogP contribution in [0.2, 0.25) is 5.02 Å². The molecule has 1 aromatic heterocycles. The molecule has 140 valence electrons. The van der Waals surface area contributed by atoms with Crippen LogP contribution < -0.4 is 14.8 Å². The molecule has 0 unspecified atom stereocenters. The standard InChI is InChI=1S/C17H16ClF3N2O3/c1-11-4-2-3-5-14(11)25-7-6-22-15(24)12-8-13(18)16(23-9-12)26-10-17(19,20)21/h2-5,8-9H,6-7,10H2,1H3,(H,22,24). The number of hydrogen-bond acceptors (Lipinski definition) is 4. The number of ether oxygens (including phenoxy) is 2. The lowest BCUT2D eigenvalue weighted by molar-refractivity contribution is -0.154. The van der Waals surface area contributed by atoms with Gasteiger partial charge in [0.25, 0.3) is 5.91 Å². The lowest BCUT2D eigenvalue weighted by Gasteiger charge is -2.11. The summed E-state index contributed by atoms with van der Waals surface area (Å²) in [6.45, 7) is 0.882. The van der Waals surface area contributed by atoms with Crippen molar-refractivity contribution in [2.24, 2.45) is 0 Å². The van der Waals surface area contributed by atoms with Crippen LogP contribution in [0, 0.1) is 6.92 Å². The molecule has 0 saturated carbocycles. The summed E-state index contributed by atoms with van der Waals surface area (Å²) < 4.78 is 46.4. The van der Waals surface area contributed by atoms with Crippen LogP contribution >= 0.6 is 11.6 Å². The molecule has 2 rings (SSSR count). The summed E-state index contributed by atoms with van der Waals surface area (Å²) in [5.41, 5.74) is 1.08. The fourth-order valence-electron chi connectivity index (χ4n) is 1.95. The average molecular weight is 389 g/mol. The summed E-state index contributed by atoms with van der Waals surface area (Å²) in [4.78, 5) is 15.7. The molecule has 0 saturated heterocycles. The Hall–Kier alpha value is -2.48. The highest BCUT2D eigenvalue weighted by molar-refractivity contribution is 6.32.